The molecule has 1 aromatic carbocycles. The van der Waals surface area contributed by atoms with Crippen LogP contribution in [0.15, 0.2) is 49.2 Å². The first-order valence-electron chi connectivity index (χ1n) is 8.88. The minimum Gasteiger partial charge on any atom is -0.444 e. The van der Waals surface area contributed by atoms with E-state index in [2.05, 4.69) is 15.1 Å². The summed E-state index contributed by atoms with van der Waals surface area (Å²) < 4.78 is 21.5. The molecule has 3 heterocycles. The molecule has 1 aliphatic rings. The number of rotatable bonds is 6. The van der Waals surface area contributed by atoms with Gasteiger partial charge in [0.05, 0.1) is 12.2 Å². The maximum atomic E-state index is 14.7. The van der Waals surface area contributed by atoms with Crippen LogP contribution >= 0.6 is 0 Å². The predicted octanol–water partition coefficient (Wildman–Crippen LogP) is 2.06. The van der Waals surface area contributed by atoms with E-state index in [1.54, 1.807) is 30.5 Å². The van der Waals surface area contributed by atoms with Crippen LogP contribution in [0.1, 0.15) is 12.8 Å². The molecule has 1 atom stereocenters. The van der Waals surface area contributed by atoms with Crippen LogP contribution in [0.2, 0.25) is 0 Å². The summed E-state index contributed by atoms with van der Waals surface area (Å²) in [6.07, 6.45) is 3.88. The number of ether oxygens (including phenoxy) is 1. The monoisotopic (exact) mass is 396 g/mol. The van der Waals surface area contributed by atoms with Gasteiger partial charge in [0, 0.05) is 23.7 Å². The lowest BCUT2D eigenvalue weighted by Gasteiger charge is -2.14. The molecule has 2 aromatic heterocycles. The molecule has 148 valence electrons. The Morgan fingerprint density at radius 3 is 2.83 bits per heavy atom. The SMILES string of the molecule is NC(=O)CCC1CN(c2ccc(-c3ccc(-n4cncn4)nc3)c(F)c2)C(=O)O1. The second-order valence-electron chi connectivity index (χ2n) is 6.53. The van der Waals surface area contributed by atoms with Crippen LogP contribution in [-0.4, -0.2) is 44.4 Å². The highest BCUT2D eigenvalue weighted by Crippen LogP contribution is 2.29. The van der Waals surface area contributed by atoms with E-state index < -0.39 is 23.9 Å². The van der Waals surface area contributed by atoms with Gasteiger partial charge in [0.15, 0.2) is 5.82 Å². The zero-order valence-corrected chi connectivity index (χ0v) is 15.2. The molecule has 4 rings (SSSR count). The Balaban J connectivity index is 1.51. The van der Waals surface area contributed by atoms with Crippen molar-refractivity contribution >= 4 is 17.7 Å². The maximum Gasteiger partial charge on any atom is 0.414 e. The highest BCUT2D eigenvalue weighted by Gasteiger charge is 2.32. The Morgan fingerprint density at radius 1 is 1.31 bits per heavy atom. The predicted molar refractivity (Wildman–Crippen MR) is 101 cm³/mol. The third-order valence-corrected chi connectivity index (χ3v) is 4.56. The number of aromatic nitrogens is 4. The fourth-order valence-electron chi connectivity index (χ4n) is 3.10. The van der Waals surface area contributed by atoms with Gasteiger partial charge in [0.1, 0.15) is 24.6 Å². The molecule has 3 aromatic rings. The average Bonchev–Trinajstić information content (AvgIpc) is 3.36. The first-order valence-corrected chi connectivity index (χ1v) is 8.88. The summed E-state index contributed by atoms with van der Waals surface area (Å²) in [6.45, 7) is 0.235. The van der Waals surface area contributed by atoms with Crippen LogP contribution in [0.5, 0.6) is 0 Å². The molecule has 2 N–H and O–H groups in total. The van der Waals surface area contributed by atoms with E-state index in [0.717, 1.165) is 0 Å². The first-order chi connectivity index (χ1) is 14.0. The van der Waals surface area contributed by atoms with E-state index in [0.29, 0.717) is 29.1 Å². The summed E-state index contributed by atoms with van der Waals surface area (Å²) in [5.41, 5.74) is 6.44. The standard InChI is InChI=1S/C19H17FN6O3/c20-16-7-13(25-9-14(29-19(25)28)3-5-17(21)27)2-4-15(16)12-1-6-18(23-8-12)26-11-22-10-24-26/h1-2,4,6-8,10-11,14H,3,5,9H2,(H2,21,27). The molecule has 1 aliphatic heterocycles. The summed E-state index contributed by atoms with van der Waals surface area (Å²) in [6, 6.07) is 7.94. The van der Waals surface area contributed by atoms with Crippen LogP contribution in [0, 0.1) is 5.82 Å². The molecular weight excluding hydrogens is 379 g/mol. The lowest BCUT2D eigenvalue weighted by atomic mass is 10.1. The highest BCUT2D eigenvalue weighted by atomic mass is 19.1. The van der Waals surface area contributed by atoms with E-state index in [4.69, 9.17) is 10.5 Å². The zero-order valence-electron chi connectivity index (χ0n) is 15.2. The lowest BCUT2D eigenvalue weighted by molar-refractivity contribution is -0.118. The van der Waals surface area contributed by atoms with Gasteiger partial charge in [0.2, 0.25) is 5.91 Å². The molecule has 0 bridgehead atoms. The lowest BCUT2D eigenvalue weighted by Crippen LogP contribution is -2.25. The number of hydrogen-bond donors (Lipinski definition) is 1. The van der Waals surface area contributed by atoms with E-state index in [1.807, 2.05) is 0 Å². The minimum atomic E-state index is -0.578. The normalized spacial score (nSPS) is 16.1. The van der Waals surface area contributed by atoms with Crippen molar-refractivity contribution in [2.75, 3.05) is 11.4 Å². The van der Waals surface area contributed by atoms with Gasteiger partial charge >= 0.3 is 6.09 Å². The molecule has 1 saturated heterocycles. The zero-order chi connectivity index (χ0) is 20.4. The van der Waals surface area contributed by atoms with Crippen LogP contribution in [-0.2, 0) is 9.53 Å². The summed E-state index contributed by atoms with van der Waals surface area (Å²) in [5, 5.41) is 3.99. The number of hydrogen-bond acceptors (Lipinski definition) is 6. The number of pyridine rings is 1. The summed E-state index contributed by atoms with van der Waals surface area (Å²) in [7, 11) is 0. The number of halogens is 1. The Hall–Kier alpha value is -3.82. The van der Waals surface area contributed by atoms with E-state index in [-0.39, 0.29) is 13.0 Å². The third kappa shape index (κ3) is 3.91. The Morgan fingerprint density at radius 2 is 2.17 bits per heavy atom. The summed E-state index contributed by atoms with van der Waals surface area (Å²) >= 11 is 0. The van der Waals surface area contributed by atoms with Crippen molar-refractivity contribution in [3.63, 3.8) is 0 Å². The van der Waals surface area contributed by atoms with Crippen LogP contribution in [0.4, 0.5) is 14.9 Å². The molecule has 0 saturated carbocycles. The van der Waals surface area contributed by atoms with Crippen molar-refractivity contribution in [1.82, 2.24) is 19.7 Å². The largest absolute Gasteiger partial charge is 0.444 e. The number of amides is 2. The van der Waals surface area contributed by atoms with Crippen molar-refractivity contribution in [2.45, 2.75) is 18.9 Å². The number of carbonyl (C=O) groups is 2. The second kappa shape index (κ2) is 7.66. The molecule has 9 nitrogen and oxygen atoms in total. The molecule has 0 spiro atoms. The van der Waals surface area contributed by atoms with Gasteiger partial charge in [-0.25, -0.2) is 23.8 Å². The molecule has 0 radical (unpaired) electrons. The fourth-order valence-corrected chi connectivity index (χ4v) is 3.10. The third-order valence-electron chi connectivity index (χ3n) is 4.56. The number of carbonyl (C=O) groups excluding carboxylic acids is 2. The van der Waals surface area contributed by atoms with Crippen molar-refractivity contribution in [3.05, 3.63) is 55.0 Å². The minimum absolute atomic E-state index is 0.122. The molecule has 1 unspecified atom stereocenters. The van der Waals surface area contributed by atoms with E-state index >= 15 is 0 Å². The number of primary amides is 1. The number of nitrogens with zero attached hydrogens (tertiary/aromatic N) is 5. The van der Waals surface area contributed by atoms with Gasteiger partial charge in [-0.3, -0.25) is 9.69 Å². The number of anilines is 1. The first kappa shape index (κ1) is 18.5. The van der Waals surface area contributed by atoms with Gasteiger partial charge in [0.25, 0.3) is 0 Å². The van der Waals surface area contributed by atoms with Crippen LogP contribution < -0.4 is 10.6 Å². The van der Waals surface area contributed by atoms with Crippen molar-refractivity contribution in [1.29, 1.82) is 0 Å². The van der Waals surface area contributed by atoms with Crippen molar-refractivity contribution < 1.29 is 18.7 Å². The van der Waals surface area contributed by atoms with Gasteiger partial charge < -0.3 is 10.5 Å². The average molecular weight is 396 g/mol. The molecular formula is C19H17FN6O3. The summed E-state index contributed by atoms with van der Waals surface area (Å²) in [4.78, 5) is 32.5. The van der Waals surface area contributed by atoms with Crippen LogP contribution in [0.3, 0.4) is 0 Å². The van der Waals surface area contributed by atoms with E-state index in [9.17, 15) is 14.0 Å². The van der Waals surface area contributed by atoms with E-state index in [1.165, 1.54) is 28.3 Å². The highest BCUT2D eigenvalue weighted by molar-refractivity contribution is 5.90. The second-order valence-corrected chi connectivity index (χ2v) is 6.53. The summed E-state index contributed by atoms with van der Waals surface area (Å²) in [5.74, 6) is -0.394. The van der Waals surface area contributed by atoms with Crippen molar-refractivity contribution in [3.8, 4) is 16.9 Å². The number of cyclic esters (lactones) is 1. The van der Waals surface area contributed by atoms with Gasteiger partial charge in [-0.15, -0.1) is 0 Å². The fraction of sp³-hybridized carbons (Fsp3) is 0.211. The van der Waals surface area contributed by atoms with Gasteiger partial charge in [-0.2, -0.15) is 5.10 Å². The molecule has 10 heteroatoms. The number of nitrogens with two attached hydrogens (primary N) is 1. The molecule has 29 heavy (non-hydrogen) atoms. The topological polar surface area (TPSA) is 116 Å². The molecule has 0 aliphatic carbocycles. The quantitative estimate of drug-likeness (QED) is 0.682. The van der Waals surface area contributed by atoms with Crippen LogP contribution in [0.25, 0.3) is 16.9 Å². The maximum absolute atomic E-state index is 14.7. The van der Waals surface area contributed by atoms with Crippen molar-refractivity contribution in [2.24, 2.45) is 5.73 Å². The number of benzene rings is 1. The van der Waals surface area contributed by atoms with Gasteiger partial charge in [-0.05, 0) is 36.8 Å². The Labute approximate surface area is 164 Å². The molecule has 2 amide bonds. The smallest absolute Gasteiger partial charge is 0.414 e. The Bertz CT molecular complexity index is 1040. The van der Waals surface area contributed by atoms with Gasteiger partial charge in [-0.1, -0.05) is 0 Å². The Kier molecular flexibility index (Phi) is 4.90. The molecule has 1 fully saturated rings.